The number of nitrogens with one attached hydrogen (secondary N) is 1. The molecule has 1 N–H and O–H groups in total. The van der Waals surface area contributed by atoms with E-state index in [4.69, 9.17) is 5.26 Å². The molecule has 1 fully saturated rings. The number of halogens is 1. The maximum atomic E-state index is 13.4. The molecule has 0 bridgehead atoms. The Morgan fingerprint density at radius 1 is 1.42 bits per heavy atom. The number of amides is 1. The van der Waals surface area contributed by atoms with Crippen molar-refractivity contribution in [2.24, 2.45) is 5.92 Å². The van der Waals surface area contributed by atoms with Gasteiger partial charge < -0.3 is 5.32 Å². The number of nitriles is 1. The summed E-state index contributed by atoms with van der Waals surface area (Å²) in [6, 6.07) is 6.03. The van der Waals surface area contributed by atoms with Crippen LogP contribution in [0.3, 0.4) is 0 Å². The molecule has 0 unspecified atom stereocenters. The maximum Gasteiger partial charge on any atom is 0.224 e. The van der Waals surface area contributed by atoms with Crippen molar-refractivity contribution in [3.05, 3.63) is 29.6 Å². The van der Waals surface area contributed by atoms with Crippen LogP contribution in [0.1, 0.15) is 44.1 Å². The average Bonchev–Trinajstić information content (AvgIpc) is 2.90. The van der Waals surface area contributed by atoms with Crippen molar-refractivity contribution in [1.29, 1.82) is 5.26 Å². The lowest BCUT2D eigenvalue weighted by Gasteiger charge is -2.10. The van der Waals surface area contributed by atoms with Gasteiger partial charge in [-0.3, -0.25) is 4.79 Å². The normalized spacial score (nSPS) is 15.2. The second-order valence-corrected chi connectivity index (χ2v) is 5.01. The van der Waals surface area contributed by atoms with Crippen LogP contribution in [0, 0.1) is 23.1 Å². The van der Waals surface area contributed by atoms with Gasteiger partial charge in [-0.05, 0) is 24.5 Å². The van der Waals surface area contributed by atoms with Gasteiger partial charge >= 0.3 is 0 Å². The zero-order valence-corrected chi connectivity index (χ0v) is 10.8. The Bertz CT molecular complexity index is 501. The van der Waals surface area contributed by atoms with Crippen LogP contribution >= 0.6 is 0 Å². The molecule has 1 saturated carbocycles. The average molecular weight is 260 g/mol. The number of carbonyl (C=O) groups excluding carboxylic acids is 1. The van der Waals surface area contributed by atoms with Gasteiger partial charge in [-0.25, -0.2) is 4.39 Å². The smallest absolute Gasteiger partial charge is 0.224 e. The van der Waals surface area contributed by atoms with Crippen molar-refractivity contribution in [3.63, 3.8) is 0 Å². The summed E-state index contributed by atoms with van der Waals surface area (Å²) in [6.45, 7) is 0. The summed E-state index contributed by atoms with van der Waals surface area (Å²) in [5, 5.41) is 11.5. The van der Waals surface area contributed by atoms with E-state index in [-0.39, 0.29) is 17.2 Å². The third-order valence-electron chi connectivity index (χ3n) is 3.65. The number of hydrogen-bond acceptors (Lipinski definition) is 2. The second-order valence-electron chi connectivity index (χ2n) is 5.01. The summed E-state index contributed by atoms with van der Waals surface area (Å²) in [7, 11) is 0. The van der Waals surface area contributed by atoms with E-state index in [9.17, 15) is 9.18 Å². The molecule has 1 amide bonds. The van der Waals surface area contributed by atoms with Gasteiger partial charge in [0.15, 0.2) is 0 Å². The van der Waals surface area contributed by atoms with Gasteiger partial charge in [0.1, 0.15) is 17.4 Å². The third kappa shape index (κ3) is 3.54. The number of nitrogens with zero attached hydrogens (tertiary/aromatic N) is 1. The van der Waals surface area contributed by atoms with E-state index >= 15 is 0 Å². The first-order valence-corrected chi connectivity index (χ1v) is 6.69. The lowest BCUT2D eigenvalue weighted by molar-refractivity contribution is -0.116. The molecule has 4 heteroatoms. The second kappa shape index (κ2) is 6.33. The van der Waals surface area contributed by atoms with Gasteiger partial charge in [-0.1, -0.05) is 31.7 Å². The predicted octanol–water partition coefficient (Wildman–Crippen LogP) is 3.61. The Labute approximate surface area is 112 Å². The molecule has 0 spiro atoms. The van der Waals surface area contributed by atoms with Crippen LogP contribution in [0.15, 0.2) is 18.2 Å². The van der Waals surface area contributed by atoms with Crippen LogP contribution in [0.4, 0.5) is 10.1 Å². The first kappa shape index (κ1) is 13.5. The summed E-state index contributed by atoms with van der Waals surface area (Å²) >= 11 is 0. The summed E-state index contributed by atoms with van der Waals surface area (Å²) in [5.74, 6) is -0.0983. The highest BCUT2D eigenvalue weighted by atomic mass is 19.1. The molecule has 1 aliphatic rings. The first-order chi connectivity index (χ1) is 9.20. The van der Waals surface area contributed by atoms with Crippen LogP contribution in [-0.4, -0.2) is 5.91 Å². The van der Waals surface area contributed by atoms with Gasteiger partial charge in [0.25, 0.3) is 0 Å². The van der Waals surface area contributed by atoms with Crippen molar-refractivity contribution in [2.75, 3.05) is 5.32 Å². The van der Waals surface area contributed by atoms with Crippen LogP contribution in [0.5, 0.6) is 0 Å². The molecule has 0 radical (unpaired) electrons. The Kier molecular flexibility index (Phi) is 4.51. The molecule has 0 aromatic heterocycles. The SMILES string of the molecule is N#Cc1c(F)cccc1NC(=O)CCC1CCCC1. The Morgan fingerprint density at radius 3 is 2.84 bits per heavy atom. The molecule has 3 nitrogen and oxygen atoms in total. The zero-order chi connectivity index (χ0) is 13.7. The van der Waals surface area contributed by atoms with E-state index in [2.05, 4.69) is 5.32 Å². The summed E-state index contributed by atoms with van der Waals surface area (Å²) < 4.78 is 13.4. The highest BCUT2D eigenvalue weighted by molar-refractivity contribution is 5.92. The minimum Gasteiger partial charge on any atom is -0.325 e. The van der Waals surface area contributed by atoms with Gasteiger partial charge in [0.05, 0.1) is 5.69 Å². The Hall–Kier alpha value is -1.89. The van der Waals surface area contributed by atoms with Gasteiger partial charge in [-0.15, -0.1) is 0 Å². The fourth-order valence-corrected chi connectivity index (χ4v) is 2.59. The van der Waals surface area contributed by atoms with E-state index in [1.54, 1.807) is 12.1 Å². The van der Waals surface area contributed by atoms with E-state index in [1.807, 2.05) is 0 Å². The highest BCUT2D eigenvalue weighted by Crippen LogP contribution is 2.28. The standard InChI is InChI=1S/C15H17FN2O/c16-13-6-3-7-14(12(13)10-17)18-15(19)9-8-11-4-1-2-5-11/h3,6-7,11H,1-2,4-5,8-9H2,(H,18,19). The summed E-state index contributed by atoms with van der Waals surface area (Å²) in [5.41, 5.74) is 0.163. The number of hydrogen-bond donors (Lipinski definition) is 1. The largest absolute Gasteiger partial charge is 0.325 e. The summed E-state index contributed by atoms with van der Waals surface area (Å²) in [6.07, 6.45) is 6.24. The quantitative estimate of drug-likeness (QED) is 0.899. The topological polar surface area (TPSA) is 52.9 Å². The predicted molar refractivity (Wildman–Crippen MR) is 70.9 cm³/mol. The number of carbonyl (C=O) groups is 1. The molecule has 100 valence electrons. The van der Waals surface area contributed by atoms with Crippen molar-refractivity contribution in [3.8, 4) is 6.07 Å². The van der Waals surface area contributed by atoms with Crippen molar-refractivity contribution >= 4 is 11.6 Å². The number of benzene rings is 1. The molecular weight excluding hydrogens is 243 g/mol. The van der Waals surface area contributed by atoms with Gasteiger partial charge in [0.2, 0.25) is 5.91 Å². The fourth-order valence-electron chi connectivity index (χ4n) is 2.59. The molecule has 0 heterocycles. The summed E-state index contributed by atoms with van der Waals surface area (Å²) in [4.78, 5) is 11.8. The minimum absolute atomic E-state index is 0.100. The zero-order valence-electron chi connectivity index (χ0n) is 10.8. The van der Waals surface area contributed by atoms with E-state index in [0.717, 1.165) is 6.42 Å². The molecule has 1 aromatic carbocycles. The third-order valence-corrected chi connectivity index (χ3v) is 3.65. The van der Waals surface area contributed by atoms with Gasteiger partial charge in [0, 0.05) is 6.42 Å². The van der Waals surface area contributed by atoms with E-state index in [0.29, 0.717) is 12.3 Å². The fraction of sp³-hybridized carbons (Fsp3) is 0.467. The van der Waals surface area contributed by atoms with Crippen molar-refractivity contribution in [2.45, 2.75) is 38.5 Å². The maximum absolute atomic E-state index is 13.4. The molecule has 2 rings (SSSR count). The van der Waals surface area contributed by atoms with Crippen LogP contribution < -0.4 is 5.32 Å². The molecule has 0 aliphatic heterocycles. The molecule has 19 heavy (non-hydrogen) atoms. The highest BCUT2D eigenvalue weighted by Gasteiger charge is 2.17. The molecule has 1 aromatic rings. The molecule has 1 aliphatic carbocycles. The van der Waals surface area contributed by atoms with Crippen molar-refractivity contribution < 1.29 is 9.18 Å². The Balaban J connectivity index is 1.91. The molecule has 0 atom stereocenters. The number of rotatable bonds is 4. The van der Waals surface area contributed by atoms with Crippen LogP contribution in [0.2, 0.25) is 0 Å². The van der Waals surface area contributed by atoms with E-state index in [1.165, 1.54) is 37.8 Å². The van der Waals surface area contributed by atoms with Crippen LogP contribution in [0.25, 0.3) is 0 Å². The molecular formula is C15H17FN2O. The lowest BCUT2D eigenvalue weighted by Crippen LogP contribution is -2.14. The minimum atomic E-state index is -0.601. The Morgan fingerprint density at radius 2 is 2.16 bits per heavy atom. The van der Waals surface area contributed by atoms with Crippen LogP contribution in [-0.2, 0) is 4.79 Å². The molecule has 0 saturated heterocycles. The first-order valence-electron chi connectivity index (χ1n) is 6.69. The monoisotopic (exact) mass is 260 g/mol. The lowest BCUT2D eigenvalue weighted by atomic mass is 10.0. The van der Waals surface area contributed by atoms with E-state index < -0.39 is 5.82 Å². The van der Waals surface area contributed by atoms with Crippen molar-refractivity contribution in [1.82, 2.24) is 0 Å². The number of anilines is 1. The van der Waals surface area contributed by atoms with Gasteiger partial charge in [-0.2, -0.15) is 5.26 Å².